The number of hydrogen-bond donors (Lipinski definition) is 3. The predicted octanol–water partition coefficient (Wildman–Crippen LogP) is 2.54. The number of rotatable bonds is 4. The molecule has 1 heterocycles. The third-order valence-electron chi connectivity index (χ3n) is 4.53. The zero-order valence-corrected chi connectivity index (χ0v) is 16.2. The summed E-state index contributed by atoms with van der Waals surface area (Å²) in [5.74, 6) is -2.20. The fourth-order valence-corrected chi connectivity index (χ4v) is 2.75. The molecule has 1 fully saturated rings. The van der Waals surface area contributed by atoms with E-state index in [0.717, 1.165) is 25.7 Å². The van der Waals surface area contributed by atoms with Crippen LogP contribution in [0, 0.1) is 5.92 Å². The fourth-order valence-electron chi connectivity index (χ4n) is 2.75. The van der Waals surface area contributed by atoms with Crippen LogP contribution in [0.5, 0.6) is 0 Å². The largest absolute Gasteiger partial charge is 0.490 e. The summed E-state index contributed by atoms with van der Waals surface area (Å²) in [6, 6.07) is 2.95. The lowest BCUT2D eigenvalue weighted by Gasteiger charge is -2.26. The van der Waals surface area contributed by atoms with Crippen LogP contribution in [0.15, 0.2) is 18.3 Å². The van der Waals surface area contributed by atoms with Gasteiger partial charge in [-0.15, -0.1) is 0 Å². The molecule has 1 aliphatic carbocycles. The fraction of sp³-hybridized carbons (Fsp3) is 0.556. The normalized spacial score (nSPS) is 15.5. The van der Waals surface area contributed by atoms with E-state index in [1.54, 1.807) is 25.4 Å². The van der Waals surface area contributed by atoms with E-state index in [2.05, 4.69) is 10.3 Å². The van der Waals surface area contributed by atoms with Crippen LogP contribution in [0.1, 0.15) is 39.0 Å². The third-order valence-corrected chi connectivity index (χ3v) is 4.53. The van der Waals surface area contributed by atoms with Crippen molar-refractivity contribution in [1.82, 2.24) is 4.98 Å². The van der Waals surface area contributed by atoms with E-state index in [1.807, 2.05) is 0 Å². The predicted molar refractivity (Wildman–Crippen MR) is 100 cm³/mol. The number of nitrogens with two attached hydrogens (primary N) is 1. The Labute approximate surface area is 166 Å². The number of hydrogen-bond acceptors (Lipinski definition) is 5. The highest BCUT2D eigenvalue weighted by Crippen LogP contribution is 2.26. The number of carbonyl (C=O) groups is 3. The van der Waals surface area contributed by atoms with E-state index < -0.39 is 18.2 Å². The first-order valence-corrected chi connectivity index (χ1v) is 9.00. The average Bonchev–Trinajstić information content (AvgIpc) is 2.67. The van der Waals surface area contributed by atoms with Gasteiger partial charge in [0, 0.05) is 14.0 Å². The van der Waals surface area contributed by atoms with E-state index in [4.69, 9.17) is 15.6 Å². The molecular formula is C18H25F3N4O4. The molecule has 2 rings (SSSR count). The van der Waals surface area contributed by atoms with Gasteiger partial charge in [-0.1, -0.05) is 19.3 Å². The first-order chi connectivity index (χ1) is 13.4. The van der Waals surface area contributed by atoms with Crippen molar-refractivity contribution in [3.05, 3.63) is 18.3 Å². The van der Waals surface area contributed by atoms with E-state index in [0.29, 0.717) is 11.5 Å². The lowest BCUT2D eigenvalue weighted by molar-refractivity contribution is -0.192. The van der Waals surface area contributed by atoms with Crippen molar-refractivity contribution in [3.8, 4) is 0 Å². The van der Waals surface area contributed by atoms with Crippen LogP contribution in [-0.2, 0) is 14.4 Å². The second-order valence-corrected chi connectivity index (χ2v) is 6.70. The first-order valence-electron chi connectivity index (χ1n) is 9.00. The standard InChI is InChI=1S/C16H24N4O2.C2HF3O2/c1-11(21)20(2)14-9-8-13(10-18-14)19-16(22)15(17)12-6-4-3-5-7-12;3-2(4,5)1(6)7/h8-10,12,15H,3-7,17H2,1-2H3,(H,19,22);(H,6,7)/t15-;/m0./s1. The highest BCUT2D eigenvalue weighted by atomic mass is 19.4. The van der Waals surface area contributed by atoms with E-state index >= 15 is 0 Å². The number of carbonyl (C=O) groups excluding carboxylic acids is 2. The smallest absolute Gasteiger partial charge is 0.475 e. The number of nitrogens with zero attached hydrogens (tertiary/aromatic N) is 2. The van der Waals surface area contributed by atoms with E-state index in [9.17, 15) is 22.8 Å². The number of nitrogens with one attached hydrogen (secondary N) is 1. The van der Waals surface area contributed by atoms with Gasteiger partial charge in [-0.25, -0.2) is 9.78 Å². The van der Waals surface area contributed by atoms with Gasteiger partial charge in [0.15, 0.2) is 0 Å². The molecule has 8 nitrogen and oxygen atoms in total. The molecule has 0 unspecified atom stereocenters. The van der Waals surface area contributed by atoms with Gasteiger partial charge >= 0.3 is 12.1 Å². The Hall–Kier alpha value is -2.69. The number of anilines is 2. The second-order valence-electron chi connectivity index (χ2n) is 6.70. The number of carboxylic acid groups (broad SMARTS) is 1. The molecule has 1 aromatic rings. The highest BCUT2D eigenvalue weighted by Gasteiger charge is 2.38. The summed E-state index contributed by atoms with van der Waals surface area (Å²) < 4.78 is 31.7. The summed E-state index contributed by atoms with van der Waals surface area (Å²) in [7, 11) is 1.65. The third kappa shape index (κ3) is 8.06. The Balaban J connectivity index is 0.000000516. The summed E-state index contributed by atoms with van der Waals surface area (Å²) in [5, 5.41) is 9.93. The van der Waals surface area contributed by atoms with Crippen molar-refractivity contribution in [2.45, 2.75) is 51.2 Å². The van der Waals surface area contributed by atoms with Crippen molar-refractivity contribution < 1.29 is 32.7 Å². The monoisotopic (exact) mass is 418 g/mol. The van der Waals surface area contributed by atoms with Gasteiger partial charge in [0.1, 0.15) is 5.82 Å². The second kappa shape index (κ2) is 10.7. The number of carboxylic acids is 1. The molecule has 4 N–H and O–H groups in total. The summed E-state index contributed by atoms with van der Waals surface area (Å²) in [6.45, 7) is 1.47. The van der Waals surface area contributed by atoms with Crippen molar-refractivity contribution in [1.29, 1.82) is 0 Å². The van der Waals surface area contributed by atoms with Crippen molar-refractivity contribution in [3.63, 3.8) is 0 Å². The number of aliphatic carboxylic acids is 1. The van der Waals surface area contributed by atoms with Gasteiger partial charge in [0.25, 0.3) is 0 Å². The molecule has 0 spiro atoms. The minimum Gasteiger partial charge on any atom is -0.475 e. The lowest BCUT2D eigenvalue weighted by Crippen LogP contribution is -2.42. The van der Waals surface area contributed by atoms with E-state index in [-0.39, 0.29) is 17.7 Å². The van der Waals surface area contributed by atoms with Crippen LogP contribution >= 0.6 is 0 Å². The van der Waals surface area contributed by atoms with Gasteiger partial charge in [0.05, 0.1) is 17.9 Å². The molecule has 1 aliphatic rings. The number of alkyl halides is 3. The van der Waals surface area contributed by atoms with E-state index in [1.165, 1.54) is 18.2 Å². The average molecular weight is 418 g/mol. The maximum absolute atomic E-state index is 12.2. The Morgan fingerprint density at radius 1 is 1.24 bits per heavy atom. The van der Waals surface area contributed by atoms with Crippen LogP contribution in [0.4, 0.5) is 24.7 Å². The maximum atomic E-state index is 12.2. The summed E-state index contributed by atoms with van der Waals surface area (Å²) >= 11 is 0. The zero-order valence-electron chi connectivity index (χ0n) is 16.2. The molecule has 1 saturated carbocycles. The van der Waals surface area contributed by atoms with Gasteiger partial charge in [-0.2, -0.15) is 13.2 Å². The van der Waals surface area contributed by atoms with Crippen molar-refractivity contribution in [2.75, 3.05) is 17.3 Å². The van der Waals surface area contributed by atoms with Crippen LogP contribution in [0.3, 0.4) is 0 Å². The number of halogens is 3. The van der Waals surface area contributed by atoms with Crippen LogP contribution in [0.25, 0.3) is 0 Å². The lowest BCUT2D eigenvalue weighted by atomic mass is 9.84. The van der Waals surface area contributed by atoms with Gasteiger partial charge in [0.2, 0.25) is 11.8 Å². The Kier molecular flexibility index (Phi) is 9.02. The van der Waals surface area contributed by atoms with Gasteiger partial charge in [-0.05, 0) is 30.9 Å². The molecule has 1 atom stereocenters. The summed E-state index contributed by atoms with van der Waals surface area (Å²) in [5.41, 5.74) is 6.67. The number of aromatic nitrogens is 1. The van der Waals surface area contributed by atoms with Gasteiger partial charge in [-0.3, -0.25) is 9.59 Å². The van der Waals surface area contributed by atoms with Crippen molar-refractivity contribution in [2.24, 2.45) is 11.7 Å². The Bertz CT molecular complexity index is 704. The summed E-state index contributed by atoms with van der Waals surface area (Å²) in [4.78, 5) is 38.0. The quantitative estimate of drug-likeness (QED) is 0.690. The number of amides is 2. The van der Waals surface area contributed by atoms with Crippen LogP contribution in [0.2, 0.25) is 0 Å². The number of pyridine rings is 1. The SMILES string of the molecule is CC(=O)N(C)c1ccc(NC(=O)[C@@H](N)C2CCCCC2)cn1.O=C(O)C(F)(F)F. The summed E-state index contributed by atoms with van der Waals surface area (Å²) in [6.07, 6.45) is 2.04. The highest BCUT2D eigenvalue weighted by molar-refractivity contribution is 5.95. The van der Waals surface area contributed by atoms with Crippen LogP contribution < -0.4 is 16.0 Å². The molecule has 2 amide bonds. The molecule has 0 aliphatic heterocycles. The van der Waals surface area contributed by atoms with Crippen molar-refractivity contribution >= 4 is 29.3 Å². The molecule has 162 valence electrons. The first kappa shape index (κ1) is 24.3. The molecule has 1 aromatic heterocycles. The molecule has 0 bridgehead atoms. The molecule has 29 heavy (non-hydrogen) atoms. The minimum atomic E-state index is -5.08. The Morgan fingerprint density at radius 3 is 2.21 bits per heavy atom. The Morgan fingerprint density at radius 2 is 1.79 bits per heavy atom. The molecule has 0 saturated heterocycles. The molecule has 11 heteroatoms. The van der Waals surface area contributed by atoms with Gasteiger partial charge < -0.3 is 21.1 Å². The zero-order chi connectivity index (χ0) is 22.2. The minimum absolute atomic E-state index is 0.0939. The topological polar surface area (TPSA) is 126 Å². The molecule has 0 radical (unpaired) electrons. The molecular weight excluding hydrogens is 393 g/mol. The maximum Gasteiger partial charge on any atom is 0.490 e. The molecule has 0 aromatic carbocycles. The van der Waals surface area contributed by atoms with Crippen LogP contribution in [-0.4, -0.2) is 47.1 Å².